The van der Waals surface area contributed by atoms with Crippen molar-refractivity contribution >= 4 is 27.3 Å². The number of nitrogens with one attached hydrogen (secondary N) is 1. The van der Waals surface area contributed by atoms with Crippen LogP contribution in [-0.2, 0) is 10.0 Å². The molecule has 0 bridgehead atoms. The second-order valence-corrected chi connectivity index (χ2v) is 8.37. The Balaban J connectivity index is 1.96. The van der Waals surface area contributed by atoms with Gasteiger partial charge in [-0.2, -0.15) is 5.26 Å². The highest BCUT2D eigenvalue weighted by atomic mass is 32.2. The highest BCUT2D eigenvalue weighted by Crippen LogP contribution is 2.31. The normalized spacial score (nSPS) is 10.7. The molecule has 0 spiro atoms. The number of methoxy groups -OCH3 is 1. The van der Waals surface area contributed by atoms with Crippen molar-refractivity contribution in [1.29, 1.82) is 5.26 Å². The number of rotatable bonds is 7. The summed E-state index contributed by atoms with van der Waals surface area (Å²) in [6.07, 6.45) is 0. The minimum atomic E-state index is -3.87. The number of nitrogens with zero attached hydrogens (tertiary/aromatic N) is 2. The first kappa shape index (κ1) is 21.9. The Kier molecular flexibility index (Phi) is 6.58. The van der Waals surface area contributed by atoms with E-state index < -0.39 is 15.9 Å². The number of sulfonamides is 1. The number of para-hydroxylation sites is 1. The molecular weight excluding hydrogens is 414 g/mol. The highest BCUT2D eigenvalue weighted by Gasteiger charge is 2.25. The molecule has 0 saturated heterocycles. The monoisotopic (exact) mass is 435 g/mol. The fraction of sp³-hybridized carbons (Fsp3) is 0.130. The average molecular weight is 436 g/mol. The van der Waals surface area contributed by atoms with E-state index in [1.165, 1.54) is 53.9 Å². The molecule has 0 aliphatic carbocycles. The molecule has 1 amide bonds. The van der Waals surface area contributed by atoms with Gasteiger partial charge in [-0.15, -0.1) is 0 Å². The van der Waals surface area contributed by atoms with Crippen LogP contribution in [0, 0.1) is 11.3 Å². The number of anilines is 2. The summed E-state index contributed by atoms with van der Waals surface area (Å²) in [5, 5.41) is 11.6. The van der Waals surface area contributed by atoms with E-state index in [-0.39, 0.29) is 17.1 Å². The van der Waals surface area contributed by atoms with Crippen LogP contribution < -0.4 is 14.4 Å². The van der Waals surface area contributed by atoms with Crippen molar-refractivity contribution in [3.63, 3.8) is 0 Å². The lowest BCUT2D eigenvalue weighted by Gasteiger charge is -2.23. The van der Waals surface area contributed by atoms with Crippen LogP contribution in [0.1, 0.15) is 22.8 Å². The molecule has 8 heteroatoms. The van der Waals surface area contributed by atoms with E-state index in [1.807, 2.05) is 12.1 Å². The molecule has 31 heavy (non-hydrogen) atoms. The molecule has 158 valence electrons. The third-order valence-electron chi connectivity index (χ3n) is 4.61. The molecular formula is C23H21N3O4S. The number of nitriles is 1. The van der Waals surface area contributed by atoms with Gasteiger partial charge in [-0.05, 0) is 61.5 Å². The Labute approximate surface area is 181 Å². The van der Waals surface area contributed by atoms with Gasteiger partial charge >= 0.3 is 0 Å². The summed E-state index contributed by atoms with van der Waals surface area (Å²) in [6, 6.07) is 21.2. The number of ether oxygens (including phenoxy) is 1. The van der Waals surface area contributed by atoms with E-state index in [0.717, 1.165) is 0 Å². The van der Waals surface area contributed by atoms with Crippen LogP contribution in [0.4, 0.5) is 11.4 Å². The second-order valence-electron chi connectivity index (χ2n) is 6.51. The second kappa shape index (κ2) is 9.32. The smallest absolute Gasteiger partial charge is 0.264 e. The molecule has 0 aliphatic rings. The first-order chi connectivity index (χ1) is 14.9. The minimum Gasteiger partial charge on any atom is -0.495 e. The van der Waals surface area contributed by atoms with Gasteiger partial charge in [-0.3, -0.25) is 9.10 Å². The van der Waals surface area contributed by atoms with Crippen LogP contribution >= 0.6 is 0 Å². The number of hydrogen-bond acceptors (Lipinski definition) is 5. The molecule has 0 atom stereocenters. The number of hydrogen-bond donors (Lipinski definition) is 1. The van der Waals surface area contributed by atoms with E-state index in [9.17, 15) is 13.2 Å². The van der Waals surface area contributed by atoms with Crippen LogP contribution in [0.3, 0.4) is 0 Å². The maximum absolute atomic E-state index is 13.3. The van der Waals surface area contributed by atoms with Crippen molar-refractivity contribution in [3.8, 4) is 11.8 Å². The SMILES string of the molecule is CCN(c1ccccc1)S(=O)(=O)c1ccc(OC)c(NC(=O)c2ccc(C#N)cc2)c1. The van der Waals surface area contributed by atoms with Crippen LogP contribution in [0.15, 0.2) is 77.7 Å². The first-order valence-corrected chi connectivity index (χ1v) is 10.9. The van der Waals surface area contributed by atoms with E-state index >= 15 is 0 Å². The van der Waals surface area contributed by atoms with Gasteiger partial charge in [-0.1, -0.05) is 18.2 Å². The van der Waals surface area contributed by atoms with Crippen molar-refractivity contribution in [1.82, 2.24) is 0 Å². The van der Waals surface area contributed by atoms with Crippen molar-refractivity contribution < 1.29 is 17.9 Å². The molecule has 0 unspecified atom stereocenters. The molecule has 0 saturated carbocycles. The summed E-state index contributed by atoms with van der Waals surface area (Å²) >= 11 is 0. The lowest BCUT2D eigenvalue weighted by Crippen LogP contribution is -2.30. The van der Waals surface area contributed by atoms with Crippen LogP contribution in [0.5, 0.6) is 5.75 Å². The molecule has 0 fully saturated rings. The summed E-state index contributed by atoms with van der Waals surface area (Å²) in [4.78, 5) is 12.7. The first-order valence-electron chi connectivity index (χ1n) is 9.48. The summed E-state index contributed by atoms with van der Waals surface area (Å²) in [5.41, 5.74) is 1.53. The Morgan fingerprint density at radius 3 is 2.32 bits per heavy atom. The predicted octanol–water partition coefficient (Wildman–Crippen LogP) is 4.03. The molecule has 0 radical (unpaired) electrons. The zero-order valence-electron chi connectivity index (χ0n) is 17.1. The predicted molar refractivity (Wildman–Crippen MR) is 119 cm³/mol. The van der Waals surface area contributed by atoms with E-state index in [2.05, 4.69) is 5.32 Å². The third kappa shape index (κ3) is 4.68. The van der Waals surface area contributed by atoms with Crippen molar-refractivity contribution in [3.05, 3.63) is 83.9 Å². The van der Waals surface area contributed by atoms with Gasteiger partial charge in [0.2, 0.25) is 0 Å². The summed E-state index contributed by atoms with van der Waals surface area (Å²) in [6.45, 7) is 1.99. The van der Waals surface area contributed by atoms with Gasteiger partial charge in [0.1, 0.15) is 5.75 Å². The topological polar surface area (TPSA) is 99.5 Å². The maximum atomic E-state index is 13.3. The van der Waals surface area contributed by atoms with Crippen LogP contribution in [0.2, 0.25) is 0 Å². The Morgan fingerprint density at radius 1 is 1.06 bits per heavy atom. The van der Waals surface area contributed by atoms with E-state index in [1.54, 1.807) is 31.2 Å². The average Bonchev–Trinajstić information content (AvgIpc) is 2.80. The summed E-state index contributed by atoms with van der Waals surface area (Å²) in [7, 11) is -2.44. The lowest BCUT2D eigenvalue weighted by atomic mass is 10.1. The summed E-state index contributed by atoms with van der Waals surface area (Å²) in [5.74, 6) is -0.128. The number of benzene rings is 3. The molecule has 3 aromatic rings. The number of amides is 1. The maximum Gasteiger partial charge on any atom is 0.264 e. The lowest BCUT2D eigenvalue weighted by molar-refractivity contribution is 0.102. The third-order valence-corrected chi connectivity index (χ3v) is 6.51. The Morgan fingerprint density at radius 2 is 1.74 bits per heavy atom. The molecule has 3 rings (SSSR count). The van der Waals surface area contributed by atoms with Gasteiger partial charge in [0, 0.05) is 12.1 Å². The summed E-state index contributed by atoms with van der Waals surface area (Å²) < 4.78 is 33.2. The number of carbonyl (C=O) groups excluding carboxylic acids is 1. The minimum absolute atomic E-state index is 0.0223. The van der Waals surface area contributed by atoms with Gasteiger partial charge in [-0.25, -0.2) is 8.42 Å². The fourth-order valence-electron chi connectivity index (χ4n) is 3.05. The van der Waals surface area contributed by atoms with Gasteiger partial charge in [0.05, 0.1) is 35.0 Å². The molecule has 0 heterocycles. The van der Waals surface area contributed by atoms with Crippen LogP contribution in [0.25, 0.3) is 0 Å². The molecule has 0 aliphatic heterocycles. The molecule has 7 nitrogen and oxygen atoms in total. The Hall–Kier alpha value is -3.83. The molecule has 3 aromatic carbocycles. The number of carbonyl (C=O) groups is 1. The fourth-order valence-corrected chi connectivity index (χ4v) is 4.55. The zero-order chi connectivity index (χ0) is 22.4. The molecule has 0 aromatic heterocycles. The standard InChI is InChI=1S/C23H21N3O4S/c1-3-26(19-7-5-4-6-8-19)31(28,29)20-13-14-22(30-2)21(15-20)25-23(27)18-11-9-17(16-24)10-12-18/h4-15H,3H2,1-2H3,(H,25,27). The molecule has 1 N–H and O–H groups in total. The van der Waals surface area contributed by atoms with E-state index in [0.29, 0.717) is 22.6 Å². The van der Waals surface area contributed by atoms with E-state index in [4.69, 9.17) is 10.00 Å². The van der Waals surface area contributed by atoms with Gasteiger partial charge in [0.15, 0.2) is 0 Å². The van der Waals surface area contributed by atoms with Gasteiger partial charge < -0.3 is 10.1 Å². The Bertz CT molecular complexity index is 1220. The highest BCUT2D eigenvalue weighted by molar-refractivity contribution is 7.92. The van der Waals surface area contributed by atoms with Crippen molar-refractivity contribution in [2.75, 3.05) is 23.3 Å². The quantitative estimate of drug-likeness (QED) is 0.604. The van der Waals surface area contributed by atoms with Crippen molar-refractivity contribution in [2.24, 2.45) is 0 Å². The van der Waals surface area contributed by atoms with Crippen LogP contribution in [-0.4, -0.2) is 28.0 Å². The van der Waals surface area contributed by atoms with Gasteiger partial charge in [0.25, 0.3) is 15.9 Å². The zero-order valence-corrected chi connectivity index (χ0v) is 17.9. The van der Waals surface area contributed by atoms with Crippen molar-refractivity contribution in [2.45, 2.75) is 11.8 Å². The largest absolute Gasteiger partial charge is 0.495 e.